The highest BCUT2D eigenvalue weighted by Gasteiger charge is 2.14. The fourth-order valence-electron chi connectivity index (χ4n) is 1.65. The molecule has 0 radical (unpaired) electrons. The van der Waals surface area contributed by atoms with Crippen molar-refractivity contribution >= 4 is 11.6 Å². The number of hydrogen-bond donors (Lipinski definition) is 2. The van der Waals surface area contributed by atoms with Crippen LogP contribution < -0.4 is 20.5 Å². The topological polar surface area (TPSA) is 82.8 Å². The third kappa shape index (κ3) is 4.31. The fourth-order valence-corrected chi connectivity index (χ4v) is 1.65. The lowest BCUT2D eigenvalue weighted by Crippen LogP contribution is -2.28. The van der Waals surface area contributed by atoms with Crippen LogP contribution in [-0.4, -0.2) is 39.4 Å². The Morgan fingerprint density at radius 3 is 2.40 bits per heavy atom. The van der Waals surface area contributed by atoms with Crippen molar-refractivity contribution in [3.8, 4) is 11.5 Å². The van der Waals surface area contributed by atoms with Gasteiger partial charge in [0.05, 0.1) is 32.5 Å². The summed E-state index contributed by atoms with van der Waals surface area (Å²) in [5, 5.41) is 2.74. The molecule has 0 aromatic heterocycles. The molecule has 0 spiro atoms. The first-order valence-corrected chi connectivity index (χ1v) is 6.40. The molecule has 0 fully saturated rings. The molecule has 0 aliphatic heterocycles. The van der Waals surface area contributed by atoms with E-state index < -0.39 is 0 Å². The van der Waals surface area contributed by atoms with Crippen LogP contribution in [0.4, 0.5) is 5.69 Å². The predicted octanol–water partition coefficient (Wildman–Crippen LogP) is 1.44. The Hall–Kier alpha value is -1.95. The van der Waals surface area contributed by atoms with Gasteiger partial charge >= 0.3 is 0 Å². The number of carbonyl (C=O) groups is 1. The predicted molar refractivity (Wildman–Crippen MR) is 77.4 cm³/mol. The van der Waals surface area contributed by atoms with Crippen molar-refractivity contribution in [3.63, 3.8) is 0 Å². The first kappa shape index (κ1) is 16.1. The summed E-state index contributed by atoms with van der Waals surface area (Å²) < 4.78 is 15.6. The van der Waals surface area contributed by atoms with Crippen LogP contribution in [0.3, 0.4) is 0 Å². The van der Waals surface area contributed by atoms with Crippen LogP contribution in [0.5, 0.6) is 11.5 Å². The summed E-state index contributed by atoms with van der Waals surface area (Å²) in [6.07, 6.45) is 0.137. The lowest BCUT2D eigenvalue weighted by atomic mass is 10.1. The van der Waals surface area contributed by atoms with Crippen LogP contribution in [-0.2, 0) is 4.74 Å². The fraction of sp³-hybridized carbons (Fsp3) is 0.500. The van der Waals surface area contributed by atoms with E-state index in [4.69, 9.17) is 19.9 Å². The maximum atomic E-state index is 12.0. The number of nitrogen functional groups attached to an aromatic ring is 1. The number of benzene rings is 1. The van der Waals surface area contributed by atoms with Gasteiger partial charge in [0.25, 0.3) is 5.91 Å². The van der Waals surface area contributed by atoms with E-state index in [1.165, 1.54) is 14.2 Å². The molecule has 6 heteroatoms. The molecule has 1 aromatic rings. The molecule has 0 atom stereocenters. The third-order valence-electron chi connectivity index (χ3n) is 2.64. The number of rotatable bonds is 7. The van der Waals surface area contributed by atoms with Gasteiger partial charge in [0.15, 0.2) is 11.5 Å². The number of anilines is 1. The van der Waals surface area contributed by atoms with E-state index in [9.17, 15) is 4.79 Å². The van der Waals surface area contributed by atoms with Crippen LogP contribution >= 0.6 is 0 Å². The number of carbonyl (C=O) groups excluding carboxylic acids is 1. The Morgan fingerprint density at radius 2 is 1.85 bits per heavy atom. The molecule has 6 nitrogen and oxygen atoms in total. The molecule has 1 aromatic carbocycles. The molecule has 0 saturated carbocycles. The zero-order chi connectivity index (χ0) is 15.1. The smallest absolute Gasteiger partial charge is 0.253 e. The highest BCUT2D eigenvalue weighted by Crippen LogP contribution is 2.31. The van der Waals surface area contributed by atoms with Crippen LogP contribution in [0.25, 0.3) is 0 Å². The second-order valence-electron chi connectivity index (χ2n) is 4.47. The summed E-state index contributed by atoms with van der Waals surface area (Å²) in [5.41, 5.74) is 6.54. The Labute approximate surface area is 119 Å². The van der Waals surface area contributed by atoms with E-state index in [2.05, 4.69) is 5.32 Å². The highest BCUT2D eigenvalue weighted by atomic mass is 16.5. The van der Waals surface area contributed by atoms with Gasteiger partial charge in [-0.2, -0.15) is 0 Å². The molecular formula is C14H22N2O4. The minimum absolute atomic E-state index is 0.137. The zero-order valence-electron chi connectivity index (χ0n) is 12.4. The molecule has 3 N–H and O–H groups in total. The Bertz CT molecular complexity index is 461. The van der Waals surface area contributed by atoms with Gasteiger partial charge in [0, 0.05) is 18.3 Å². The first-order chi connectivity index (χ1) is 9.49. The van der Waals surface area contributed by atoms with Gasteiger partial charge in [0.2, 0.25) is 0 Å². The van der Waals surface area contributed by atoms with Crippen molar-refractivity contribution < 1.29 is 19.0 Å². The van der Waals surface area contributed by atoms with E-state index in [1.54, 1.807) is 12.1 Å². The minimum atomic E-state index is -0.268. The highest BCUT2D eigenvalue weighted by molar-refractivity contribution is 6.00. The standard InChI is InChI=1S/C14H22N2O4/c1-9(2)20-6-5-16-14(17)10-7-12(18-3)13(19-4)8-11(10)15/h7-9H,5-6,15H2,1-4H3,(H,16,17). The quantitative estimate of drug-likeness (QED) is 0.584. The summed E-state index contributed by atoms with van der Waals surface area (Å²) >= 11 is 0. The number of nitrogens with two attached hydrogens (primary N) is 1. The largest absolute Gasteiger partial charge is 0.493 e. The van der Waals surface area contributed by atoms with Crippen molar-refractivity contribution in [2.24, 2.45) is 0 Å². The summed E-state index contributed by atoms with van der Waals surface area (Å²) in [7, 11) is 3.02. The SMILES string of the molecule is COc1cc(N)c(C(=O)NCCOC(C)C)cc1OC. The van der Waals surface area contributed by atoms with E-state index in [0.29, 0.717) is 35.9 Å². The molecule has 0 heterocycles. The maximum Gasteiger partial charge on any atom is 0.253 e. The van der Waals surface area contributed by atoms with Gasteiger partial charge in [0.1, 0.15) is 0 Å². The Morgan fingerprint density at radius 1 is 1.25 bits per heavy atom. The van der Waals surface area contributed by atoms with Gasteiger partial charge in [-0.05, 0) is 19.9 Å². The molecule has 20 heavy (non-hydrogen) atoms. The van der Waals surface area contributed by atoms with Crippen molar-refractivity contribution in [1.29, 1.82) is 0 Å². The molecule has 0 bridgehead atoms. The van der Waals surface area contributed by atoms with Crippen LogP contribution in [0.2, 0.25) is 0 Å². The summed E-state index contributed by atoms with van der Waals surface area (Å²) in [5.74, 6) is 0.686. The molecular weight excluding hydrogens is 260 g/mol. The van der Waals surface area contributed by atoms with Crippen molar-refractivity contribution in [1.82, 2.24) is 5.32 Å². The molecule has 0 aliphatic rings. The van der Waals surface area contributed by atoms with Gasteiger partial charge in [-0.15, -0.1) is 0 Å². The lowest BCUT2D eigenvalue weighted by Gasteiger charge is -2.13. The molecule has 0 saturated heterocycles. The summed E-state index contributed by atoms with van der Waals surface area (Å²) in [4.78, 5) is 12.0. The van der Waals surface area contributed by atoms with E-state index in [-0.39, 0.29) is 12.0 Å². The normalized spacial score (nSPS) is 10.4. The average Bonchev–Trinajstić information content (AvgIpc) is 2.42. The first-order valence-electron chi connectivity index (χ1n) is 6.40. The number of amides is 1. The molecule has 1 rings (SSSR count). The lowest BCUT2D eigenvalue weighted by molar-refractivity contribution is 0.0747. The third-order valence-corrected chi connectivity index (χ3v) is 2.64. The van der Waals surface area contributed by atoms with Crippen molar-refractivity contribution in [2.75, 3.05) is 33.1 Å². The Balaban J connectivity index is 2.72. The van der Waals surface area contributed by atoms with Gasteiger partial charge in [-0.3, -0.25) is 4.79 Å². The number of nitrogens with one attached hydrogen (secondary N) is 1. The average molecular weight is 282 g/mol. The van der Waals surface area contributed by atoms with E-state index in [1.807, 2.05) is 13.8 Å². The van der Waals surface area contributed by atoms with Gasteiger partial charge in [-0.1, -0.05) is 0 Å². The van der Waals surface area contributed by atoms with Gasteiger partial charge < -0.3 is 25.3 Å². The second kappa shape index (κ2) is 7.59. The van der Waals surface area contributed by atoms with Crippen molar-refractivity contribution in [3.05, 3.63) is 17.7 Å². The zero-order valence-corrected chi connectivity index (χ0v) is 12.4. The minimum Gasteiger partial charge on any atom is -0.493 e. The molecule has 0 unspecified atom stereocenters. The van der Waals surface area contributed by atoms with E-state index >= 15 is 0 Å². The maximum absolute atomic E-state index is 12.0. The number of ether oxygens (including phenoxy) is 3. The number of methoxy groups -OCH3 is 2. The summed E-state index contributed by atoms with van der Waals surface area (Å²) in [6.45, 7) is 4.75. The van der Waals surface area contributed by atoms with Crippen LogP contribution in [0, 0.1) is 0 Å². The van der Waals surface area contributed by atoms with Crippen molar-refractivity contribution in [2.45, 2.75) is 20.0 Å². The second-order valence-corrected chi connectivity index (χ2v) is 4.47. The van der Waals surface area contributed by atoms with Gasteiger partial charge in [-0.25, -0.2) is 0 Å². The van der Waals surface area contributed by atoms with E-state index in [0.717, 1.165) is 0 Å². The Kier molecular flexibility index (Phi) is 6.11. The molecule has 112 valence electrons. The van der Waals surface area contributed by atoms with Crippen LogP contribution in [0.1, 0.15) is 24.2 Å². The van der Waals surface area contributed by atoms with Crippen LogP contribution in [0.15, 0.2) is 12.1 Å². The molecule has 1 amide bonds. The summed E-state index contributed by atoms with van der Waals surface area (Å²) in [6, 6.07) is 3.13. The molecule has 0 aliphatic carbocycles. The number of hydrogen-bond acceptors (Lipinski definition) is 5. The monoisotopic (exact) mass is 282 g/mol.